The smallest absolute Gasteiger partial charge is 0.166 e. The molecule has 0 amide bonds. The Hall–Kier alpha value is -1.51. The van der Waals surface area contributed by atoms with Gasteiger partial charge in [-0.15, -0.1) is 0 Å². The molecule has 146 valence electrons. The maximum absolute atomic E-state index is 12.7. The lowest BCUT2D eigenvalue weighted by Crippen LogP contribution is -2.22. The maximum Gasteiger partial charge on any atom is 0.416 e. The lowest BCUT2D eigenvalue weighted by atomic mass is 9.71. The molecule has 0 nitrogen and oxygen atoms in total. The lowest BCUT2D eigenvalue weighted by molar-refractivity contribution is -0.137. The largest absolute Gasteiger partial charge is 0.416 e. The molecule has 1 unspecified atom stereocenters. The van der Waals surface area contributed by atoms with Crippen LogP contribution >= 0.6 is 0 Å². The quantitative estimate of drug-likeness (QED) is 0.473. The SMILES string of the molecule is C.C/C=C/C1CCC(C2CC=C(c3ccc(C(F)(F)F)cc3)CC2)CC1.[HH]. The molecule has 0 spiro atoms. The number of halogens is 3. The third kappa shape index (κ3) is 5.02. The molecule has 0 heterocycles. The van der Waals surface area contributed by atoms with Gasteiger partial charge >= 0.3 is 6.18 Å². The molecule has 2 aliphatic carbocycles. The molecule has 0 bridgehead atoms. The van der Waals surface area contributed by atoms with Gasteiger partial charge in [0.05, 0.1) is 5.56 Å². The standard InChI is InChI=1S/C22H27F3.CH4.H2/c1-2-3-16-4-6-17(7-5-16)18-8-10-19(11-9-18)20-12-14-21(15-13-20)22(23,24)25;;/h2-3,10,12-18H,4-9,11H2,1H3;1H4;1H/b3-2+;;. The van der Waals surface area contributed by atoms with E-state index >= 15 is 0 Å². The van der Waals surface area contributed by atoms with Crippen molar-refractivity contribution >= 4 is 5.57 Å². The summed E-state index contributed by atoms with van der Waals surface area (Å²) in [5, 5.41) is 0. The Balaban J connectivity index is 0.00000182. The fourth-order valence-electron chi connectivity index (χ4n) is 4.50. The molecular formula is C23H33F3. The van der Waals surface area contributed by atoms with Crippen molar-refractivity contribution in [1.82, 2.24) is 0 Å². The van der Waals surface area contributed by atoms with Crippen LogP contribution < -0.4 is 0 Å². The predicted octanol–water partition coefficient (Wildman–Crippen LogP) is 8.15. The Kier molecular flexibility index (Phi) is 7.14. The average Bonchev–Trinajstić information content (AvgIpc) is 2.62. The zero-order chi connectivity index (χ0) is 17.9. The van der Waals surface area contributed by atoms with E-state index in [-0.39, 0.29) is 8.85 Å². The number of hydrogen-bond acceptors (Lipinski definition) is 0. The van der Waals surface area contributed by atoms with Crippen LogP contribution in [0.2, 0.25) is 0 Å². The van der Waals surface area contributed by atoms with Gasteiger partial charge in [0.2, 0.25) is 0 Å². The van der Waals surface area contributed by atoms with Gasteiger partial charge in [-0.2, -0.15) is 13.2 Å². The van der Waals surface area contributed by atoms with Crippen molar-refractivity contribution < 1.29 is 14.6 Å². The van der Waals surface area contributed by atoms with Crippen LogP contribution in [0, 0.1) is 17.8 Å². The second kappa shape index (κ2) is 8.92. The Morgan fingerprint density at radius 3 is 2.12 bits per heavy atom. The van der Waals surface area contributed by atoms with Gasteiger partial charge in [0.1, 0.15) is 0 Å². The van der Waals surface area contributed by atoms with Crippen LogP contribution in [-0.2, 0) is 6.18 Å². The number of allylic oxidation sites excluding steroid dienone is 4. The minimum absolute atomic E-state index is 0. The molecule has 26 heavy (non-hydrogen) atoms. The molecule has 3 heteroatoms. The average molecular weight is 367 g/mol. The number of hydrogen-bond donors (Lipinski definition) is 0. The van der Waals surface area contributed by atoms with E-state index in [1.807, 2.05) is 0 Å². The third-order valence-electron chi connectivity index (χ3n) is 5.98. The highest BCUT2D eigenvalue weighted by Gasteiger charge is 2.31. The van der Waals surface area contributed by atoms with Crippen molar-refractivity contribution in [2.75, 3.05) is 0 Å². The molecule has 2 aliphatic rings. The monoisotopic (exact) mass is 366 g/mol. The first kappa shape index (κ1) is 20.8. The lowest BCUT2D eigenvalue weighted by Gasteiger charge is -2.34. The first-order valence-electron chi connectivity index (χ1n) is 9.47. The highest BCUT2D eigenvalue weighted by atomic mass is 19.4. The fourth-order valence-corrected chi connectivity index (χ4v) is 4.50. The zero-order valence-electron chi connectivity index (χ0n) is 14.9. The Morgan fingerprint density at radius 1 is 0.962 bits per heavy atom. The first-order valence-corrected chi connectivity index (χ1v) is 9.47. The molecule has 0 saturated heterocycles. The van der Waals surface area contributed by atoms with E-state index in [0.29, 0.717) is 0 Å². The van der Waals surface area contributed by atoms with E-state index in [0.717, 1.165) is 36.2 Å². The van der Waals surface area contributed by atoms with Crippen LogP contribution in [0.5, 0.6) is 0 Å². The number of alkyl halides is 3. The minimum Gasteiger partial charge on any atom is -0.166 e. The summed E-state index contributed by atoms with van der Waals surface area (Å²) in [6, 6.07) is 5.64. The summed E-state index contributed by atoms with van der Waals surface area (Å²) < 4.78 is 38.0. The Bertz CT molecular complexity index is 620. The van der Waals surface area contributed by atoms with Crippen LogP contribution in [0.4, 0.5) is 13.2 Å². The van der Waals surface area contributed by atoms with Crippen LogP contribution in [0.25, 0.3) is 5.57 Å². The molecular weight excluding hydrogens is 333 g/mol. The molecule has 1 saturated carbocycles. The van der Waals surface area contributed by atoms with Gasteiger partial charge in [-0.1, -0.05) is 37.8 Å². The normalized spacial score (nSPS) is 27.1. The van der Waals surface area contributed by atoms with E-state index in [1.165, 1.54) is 49.8 Å². The fraction of sp³-hybridized carbons (Fsp3) is 0.565. The van der Waals surface area contributed by atoms with Crippen molar-refractivity contribution in [2.45, 2.75) is 65.5 Å². The summed E-state index contributed by atoms with van der Waals surface area (Å²) in [5.41, 5.74) is 1.60. The summed E-state index contributed by atoms with van der Waals surface area (Å²) in [4.78, 5) is 0. The summed E-state index contributed by atoms with van der Waals surface area (Å²) >= 11 is 0. The van der Waals surface area contributed by atoms with Crippen molar-refractivity contribution in [1.29, 1.82) is 0 Å². The van der Waals surface area contributed by atoms with E-state index in [9.17, 15) is 13.2 Å². The van der Waals surface area contributed by atoms with Gasteiger partial charge in [-0.05, 0) is 92.9 Å². The van der Waals surface area contributed by atoms with Crippen molar-refractivity contribution in [3.63, 3.8) is 0 Å². The van der Waals surface area contributed by atoms with Crippen molar-refractivity contribution in [3.05, 3.63) is 53.6 Å². The van der Waals surface area contributed by atoms with Crippen LogP contribution in [-0.4, -0.2) is 0 Å². The topological polar surface area (TPSA) is 0 Å². The van der Waals surface area contributed by atoms with E-state index in [4.69, 9.17) is 0 Å². The van der Waals surface area contributed by atoms with Gasteiger partial charge in [-0.25, -0.2) is 0 Å². The Morgan fingerprint density at radius 2 is 1.62 bits per heavy atom. The highest BCUT2D eigenvalue weighted by molar-refractivity contribution is 5.66. The van der Waals surface area contributed by atoms with Crippen molar-refractivity contribution in [2.24, 2.45) is 17.8 Å². The summed E-state index contributed by atoms with van der Waals surface area (Å²) in [7, 11) is 0. The molecule has 0 N–H and O–H groups in total. The molecule has 1 aromatic rings. The van der Waals surface area contributed by atoms with Gasteiger partial charge in [0.25, 0.3) is 0 Å². The molecule has 0 aliphatic heterocycles. The minimum atomic E-state index is -4.25. The van der Waals surface area contributed by atoms with Gasteiger partial charge in [0.15, 0.2) is 0 Å². The molecule has 0 radical (unpaired) electrons. The van der Waals surface area contributed by atoms with Gasteiger partial charge in [-0.3, -0.25) is 0 Å². The zero-order valence-corrected chi connectivity index (χ0v) is 14.9. The summed E-state index contributed by atoms with van der Waals surface area (Å²) in [5.74, 6) is 2.35. The molecule has 1 aromatic carbocycles. The summed E-state index contributed by atoms with van der Waals surface area (Å²) in [6.07, 6.45) is 11.0. The van der Waals surface area contributed by atoms with E-state index < -0.39 is 11.7 Å². The molecule has 1 fully saturated rings. The van der Waals surface area contributed by atoms with Crippen LogP contribution in [0.1, 0.15) is 71.8 Å². The molecule has 0 aromatic heterocycles. The molecule has 1 atom stereocenters. The molecule has 3 rings (SSSR count). The van der Waals surface area contributed by atoms with Crippen LogP contribution in [0.3, 0.4) is 0 Å². The van der Waals surface area contributed by atoms with Gasteiger partial charge in [0, 0.05) is 1.43 Å². The third-order valence-corrected chi connectivity index (χ3v) is 5.98. The first-order chi connectivity index (χ1) is 12.0. The van der Waals surface area contributed by atoms with Crippen molar-refractivity contribution in [3.8, 4) is 0 Å². The highest BCUT2D eigenvalue weighted by Crippen LogP contribution is 2.41. The van der Waals surface area contributed by atoms with E-state index in [1.54, 1.807) is 12.1 Å². The Labute approximate surface area is 157 Å². The van der Waals surface area contributed by atoms with Gasteiger partial charge < -0.3 is 0 Å². The second-order valence-corrected chi connectivity index (χ2v) is 7.54. The number of rotatable bonds is 3. The number of benzene rings is 1. The second-order valence-electron chi connectivity index (χ2n) is 7.54. The predicted molar refractivity (Wildman–Crippen MR) is 106 cm³/mol. The maximum atomic E-state index is 12.7. The summed E-state index contributed by atoms with van der Waals surface area (Å²) in [6.45, 7) is 2.10. The van der Waals surface area contributed by atoms with E-state index in [2.05, 4.69) is 25.2 Å². The van der Waals surface area contributed by atoms with Crippen LogP contribution in [0.15, 0.2) is 42.5 Å².